The van der Waals surface area contributed by atoms with E-state index in [0.717, 1.165) is 29.4 Å². The molecule has 1 unspecified atom stereocenters. The van der Waals surface area contributed by atoms with Crippen molar-refractivity contribution < 1.29 is 14.6 Å². The molecule has 1 atom stereocenters. The Kier molecular flexibility index (Phi) is 4.99. The minimum absolute atomic E-state index is 0.153. The monoisotopic (exact) mass is 284 g/mol. The summed E-state index contributed by atoms with van der Waals surface area (Å²) in [5.74, 6) is -0.191. The van der Waals surface area contributed by atoms with E-state index >= 15 is 0 Å². The van der Waals surface area contributed by atoms with Crippen molar-refractivity contribution in [3.8, 4) is 5.75 Å². The SMILES string of the molecule is C=C(CC(CCC)Oc1ccc2ccccc2c1)C(=O)O. The van der Waals surface area contributed by atoms with Crippen LogP contribution < -0.4 is 4.74 Å². The highest BCUT2D eigenvalue weighted by Crippen LogP contribution is 2.23. The van der Waals surface area contributed by atoms with E-state index in [-0.39, 0.29) is 11.7 Å². The van der Waals surface area contributed by atoms with Crippen molar-refractivity contribution in [2.24, 2.45) is 0 Å². The highest BCUT2D eigenvalue weighted by atomic mass is 16.5. The van der Waals surface area contributed by atoms with Gasteiger partial charge in [0.05, 0.1) is 0 Å². The molecule has 0 bridgehead atoms. The van der Waals surface area contributed by atoms with Crippen molar-refractivity contribution >= 4 is 16.7 Å². The van der Waals surface area contributed by atoms with Crippen LogP contribution in [0.5, 0.6) is 5.75 Å². The number of rotatable bonds is 7. The second kappa shape index (κ2) is 6.93. The minimum atomic E-state index is -0.960. The maximum Gasteiger partial charge on any atom is 0.331 e. The zero-order chi connectivity index (χ0) is 15.2. The van der Waals surface area contributed by atoms with Gasteiger partial charge in [-0.25, -0.2) is 4.79 Å². The number of carboxylic acid groups (broad SMARTS) is 1. The summed E-state index contributed by atoms with van der Waals surface area (Å²) in [4.78, 5) is 10.9. The standard InChI is InChI=1S/C18H20O3/c1-3-6-16(11-13(2)18(19)20)21-17-10-9-14-7-4-5-8-15(14)12-17/h4-5,7-10,12,16H,2-3,6,11H2,1H3,(H,19,20). The zero-order valence-corrected chi connectivity index (χ0v) is 12.2. The Bertz CT molecular complexity index is 646. The molecule has 0 heterocycles. The molecule has 0 amide bonds. The molecular formula is C18H20O3. The Morgan fingerprint density at radius 2 is 1.95 bits per heavy atom. The van der Waals surface area contributed by atoms with Gasteiger partial charge in [0.15, 0.2) is 0 Å². The van der Waals surface area contributed by atoms with Gasteiger partial charge in [-0.05, 0) is 29.3 Å². The van der Waals surface area contributed by atoms with Gasteiger partial charge < -0.3 is 9.84 Å². The Labute approximate surface area is 124 Å². The molecule has 0 saturated carbocycles. The first kappa shape index (κ1) is 15.1. The first-order chi connectivity index (χ1) is 10.1. The first-order valence-electron chi connectivity index (χ1n) is 7.16. The topological polar surface area (TPSA) is 46.5 Å². The second-order valence-corrected chi connectivity index (χ2v) is 5.15. The lowest BCUT2D eigenvalue weighted by Gasteiger charge is -2.19. The van der Waals surface area contributed by atoms with Crippen molar-refractivity contribution in [1.82, 2.24) is 0 Å². The summed E-state index contributed by atoms with van der Waals surface area (Å²) in [6.07, 6.45) is 1.93. The minimum Gasteiger partial charge on any atom is -0.490 e. The number of ether oxygens (including phenoxy) is 1. The second-order valence-electron chi connectivity index (χ2n) is 5.15. The summed E-state index contributed by atoms with van der Waals surface area (Å²) in [6.45, 7) is 5.64. The van der Waals surface area contributed by atoms with Crippen LogP contribution >= 0.6 is 0 Å². The van der Waals surface area contributed by atoms with Gasteiger partial charge >= 0.3 is 5.97 Å². The van der Waals surface area contributed by atoms with E-state index in [9.17, 15) is 4.79 Å². The van der Waals surface area contributed by atoms with Crippen LogP contribution in [0.2, 0.25) is 0 Å². The first-order valence-corrected chi connectivity index (χ1v) is 7.16. The molecule has 2 rings (SSSR count). The van der Waals surface area contributed by atoms with Crippen molar-refractivity contribution in [2.45, 2.75) is 32.3 Å². The summed E-state index contributed by atoms with van der Waals surface area (Å²) >= 11 is 0. The molecule has 0 radical (unpaired) electrons. The third-order valence-corrected chi connectivity index (χ3v) is 3.41. The van der Waals surface area contributed by atoms with Gasteiger partial charge in [0.25, 0.3) is 0 Å². The van der Waals surface area contributed by atoms with E-state index in [1.165, 1.54) is 0 Å². The van der Waals surface area contributed by atoms with E-state index < -0.39 is 5.97 Å². The average Bonchev–Trinajstić information content (AvgIpc) is 2.47. The quantitative estimate of drug-likeness (QED) is 0.766. The van der Waals surface area contributed by atoms with Crippen LogP contribution in [0.3, 0.4) is 0 Å². The molecule has 0 aliphatic carbocycles. The normalized spacial score (nSPS) is 12.0. The number of benzene rings is 2. The Morgan fingerprint density at radius 3 is 2.62 bits per heavy atom. The summed E-state index contributed by atoms with van der Waals surface area (Å²) < 4.78 is 5.96. The van der Waals surface area contributed by atoms with Crippen LogP contribution in [0.25, 0.3) is 10.8 Å². The van der Waals surface area contributed by atoms with Gasteiger partial charge in [0, 0.05) is 12.0 Å². The smallest absolute Gasteiger partial charge is 0.331 e. The Hall–Kier alpha value is -2.29. The zero-order valence-electron chi connectivity index (χ0n) is 12.2. The lowest BCUT2D eigenvalue weighted by molar-refractivity contribution is -0.133. The molecule has 0 aromatic heterocycles. The molecule has 0 saturated heterocycles. The van der Waals surface area contributed by atoms with Gasteiger partial charge in [0.1, 0.15) is 11.9 Å². The van der Waals surface area contributed by atoms with Crippen LogP contribution in [0, 0.1) is 0 Å². The van der Waals surface area contributed by atoms with E-state index in [1.807, 2.05) is 36.4 Å². The lowest BCUT2D eigenvalue weighted by Crippen LogP contribution is -2.19. The fourth-order valence-corrected chi connectivity index (χ4v) is 2.32. The summed E-state index contributed by atoms with van der Waals surface area (Å²) in [7, 11) is 0. The molecule has 2 aromatic rings. The lowest BCUT2D eigenvalue weighted by atomic mass is 10.1. The Morgan fingerprint density at radius 1 is 1.24 bits per heavy atom. The van der Waals surface area contributed by atoms with Crippen LogP contribution in [-0.4, -0.2) is 17.2 Å². The summed E-state index contributed by atoms with van der Waals surface area (Å²) in [5, 5.41) is 11.2. The fraction of sp³-hybridized carbons (Fsp3) is 0.278. The molecule has 21 heavy (non-hydrogen) atoms. The number of fused-ring (bicyclic) bond motifs is 1. The van der Waals surface area contributed by atoms with Crippen LogP contribution in [0.4, 0.5) is 0 Å². The maximum atomic E-state index is 10.9. The van der Waals surface area contributed by atoms with E-state index in [4.69, 9.17) is 9.84 Å². The number of carboxylic acids is 1. The van der Waals surface area contributed by atoms with E-state index in [1.54, 1.807) is 0 Å². The molecular weight excluding hydrogens is 264 g/mol. The van der Waals surface area contributed by atoms with Gasteiger partial charge in [-0.1, -0.05) is 50.3 Å². The van der Waals surface area contributed by atoms with E-state index in [0.29, 0.717) is 6.42 Å². The molecule has 0 fully saturated rings. The third kappa shape index (κ3) is 4.09. The number of hydrogen-bond donors (Lipinski definition) is 1. The van der Waals surface area contributed by atoms with Crippen LogP contribution in [0.1, 0.15) is 26.2 Å². The van der Waals surface area contributed by atoms with Crippen molar-refractivity contribution in [2.75, 3.05) is 0 Å². The Balaban J connectivity index is 2.14. The van der Waals surface area contributed by atoms with Crippen molar-refractivity contribution in [1.29, 1.82) is 0 Å². The van der Waals surface area contributed by atoms with Gasteiger partial charge in [-0.3, -0.25) is 0 Å². The molecule has 1 N–H and O–H groups in total. The van der Waals surface area contributed by atoms with Crippen LogP contribution in [0.15, 0.2) is 54.6 Å². The predicted molar refractivity (Wildman–Crippen MR) is 84.7 cm³/mol. The molecule has 110 valence electrons. The molecule has 0 spiro atoms. The van der Waals surface area contributed by atoms with Crippen molar-refractivity contribution in [3.63, 3.8) is 0 Å². The molecule has 0 aliphatic rings. The average molecular weight is 284 g/mol. The van der Waals surface area contributed by atoms with E-state index in [2.05, 4.69) is 19.6 Å². The third-order valence-electron chi connectivity index (χ3n) is 3.41. The molecule has 2 aromatic carbocycles. The summed E-state index contributed by atoms with van der Waals surface area (Å²) in [5.41, 5.74) is 0.189. The molecule has 3 heteroatoms. The van der Waals surface area contributed by atoms with Gasteiger partial charge in [0.2, 0.25) is 0 Å². The fourth-order valence-electron chi connectivity index (χ4n) is 2.32. The maximum absolute atomic E-state index is 10.9. The van der Waals surface area contributed by atoms with Crippen LogP contribution in [-0.2, 0) is 4.79 Å². The molecule has 3 nitrogen and oxygen atoms in total. The number of aliphatic carboxylic acids is 1. The predicted octanol–water partition coefficient (Wildman–Crippen LogP) is 4.42. The van der Waals surface area contributed by atoms with Gasteiger partial charge in [-0.2, -0.15) is 0 Å². The van der Waals surface area contributed by atoms with Crippen molar-refractivity contribution in [3.05, 3.63) is 54.6 Å². The number of hydrogen-bond acceptors (Lipinski definition) is 2. The highest BCUT2D eigenvalue weighted by Gasteiger charge is 2.15. The van der Waals surface area contributed by atoms with Gasteiger partial charge in [-0.15, -0.1) is 0 Å². The number of carbonyl (C=O) groups is 1. The summed E-state index contributed by atoms with van der Waals surface area (Å²) in [6, 6.07) is 14.0. The largest absolute Gasteiger partial charge is 0.490 e. The molecule has 0 aliphatic heterocycles. The highest BCUT2D eigenvalue weighted by molar-refractivity contribution is 5.86.